The molecule has 3 rings (SSSR count). The maximum atomic E-state index is 5.64. The van der Waals surface area contributed by atoms with Gasteiger partial charge >= 0.3 is 0 Å². The SMILES string of the molecule is CCNC(=NCc1ccc(C)cc1)NCC1(c2ccccc2)CCOCC1.I. The van der Waals surface area contributed by atoms with Crippen molar-refractivity contribution in [3.8, 4) is 0 Å². The predicted octanol–water partition coefficient (Wildman–Crippen LogP) is 4.42. The van der Waals surface area contributed by atoms with Crippen LogP contribution in [0.25, 0.3) is 0 Å². The van der Waals surface area contributed by atoms with Gasteiger partial charge in [0.15, 0.2) is 5.96 Å². The highest BCUT2D eigenvalue weighted by atomic mass is 127. The number of hydrogen-bond donors (Lipinski definition) is 2. The number of ether oxygens (including phenoxy) is 1. The summed E-state index contributed by atoms with van der Waals surface area (Å²) in [5.74, 6) is 0.875. The molecule has 1 fully saturated rings. The van der Waals surface area contributed by atoms with E-state index in [1.807, 2.05) is 0 Å². The number of rotatable bonds is 6. The summed E-state index contributed by atoms with van der Waals surface area (Å²) in [4.78, 5) is 4.79. The molecule has 1 aliphatic heterocycles. The second-order valence-electron chi connectivity index (χ2n) is 7.29. The zero-order chi connectivity index (χ0) is 19.0. The Morgan fingerprint density at radius 3 is 2.32 bits per heavy atom. The normalized spacial score (nSPS) is 16.1. The maximum absolute atomic E-state index is 5.64. The fraction of sp³-hybridized carbons (Fsp3) is 0.435. The lowest BCUT2D eigenvalue weighted by Crippen LogP contribution is -2.48. The lowest BCUT2D eigenvalue weighted by atomic mass is 9.74. The molecule has 1 saturated heterocycles. The Bertz CT molecular complexity index is 725. The van der Waals surface area contributed by atoms with Crippen molar-refractivity contribution < 1.29 is 4.74 Å². The van der Waals surface area contributed by atoms with E-state index in [1.54, 1.807) is 0 Å². The zero-order valence-electron chi connectivity index (χ0n) is 16.9. The Hall–Kier alpha value is -1.60. The largest absolute Gasteiger partial charge is 0.381 e. The summed E-state index contributed by atoms with van der Waals surface area (Å²) in [6.45, 7) is 8.22. The van der Waals surface area contributed by atoms with Gasteiger partial charge < -0.3 is 15.4 Å². The highest BCUT2D eigenvalue weighted by Gasteiger charge is 2.34. The second kappa shape index (κ2) is 11.4. The van der Waals surface area contributed by atoms with Gasteiger partial charge in [-0.3, -0.25) is 0 Å². The van der Waals surface area contributed by atoms with E-state index in [9.17, 15) is 0 Å². The minimum atomic E-state index is 0. The number of aliphatic imine (C=N–C) groups is 1. The van der Waals surface area contributed by atoms with Gasteiger partial charge in [-0.1, -0.05) is 60.2 Å². The number of nitrogens with zero attached hydrogens (tertiary/aromatic N) is 1. The molecule has 0 bridgehead atoms. The molecule has 2 N–H and O–H groups in total. The van der Waals surface area contributed by atoms with E-state index in [4.69, 9.17) is 9.73 Å². The molecule has 5 heteroatoms. The highest BCUT2D eigenvalue weighted by molar-refractivity contribution is 14.0. The molecule has 0 spiro atoms. The molecular formula is C23H32IN3O. The Morgan fingerprint density at radius 1 is 1.00 bits per heavy atom. The summed E-state index contributed by atoms with van der Waals surface area (Å²) >= 11 is 0. The van der Waals surface area contributed by atoms with Gasteiger partial charge in [-0.2, -0.15) is 0 Å². The van der Waals surface area contributed by atoms with Gasteiger partial charge in [-0.15, -0.1) is 24.0 Å². The van der Waals surface area contributed by atoms with Crippen LogP contribution in [0.1, 0.15) is 36.5 Å². The molecule has 0 radical (unpaired) electrons. The number of nitrogens with one attached hydrogen (secondary N) is 2. The average molecular weight is 493 g/mol. The number of hydrogen-bond acceptors (Lipinski definition) is 2. The molecule has 28 heavy (non-hydrogen) atoms. The van der Waals surface area contributed by atoms with Crippen LogP contribution in [0.15, 0.2) is 59.6 Å². The van der Waals surface area contributed by atoms with Crippen molar-refractivity contribution in [2.45, 2.75) is 38.6 Å². The highest BCUT2D eigenvalue weighted by Crippen LogP contribution is 2.34. The van der Waals surface area contributed by atoms with Crippen LogP contribution in [-0.4, -0.2) is 32.3 Å². The van der Waals surface area contributed by atoms with E-state index in [0.717, 1.165) is 45.1 Å². The summed E-state index contributed by atoms with van der Waals surface area (Å²) in [5.41, 5.74) is 3.98. The molecule has 0 saturated carbocycles. The second-order valence-corrected chi connectivity index (χ2v) is 7.29. The van der Waals surface area contributed by atoms with Crippen molar-refractivity contribution in [1.29, 1.82) is 0 Å². The number of guanidine groups is 1. The third-order valence-electron chi connectivity index (χ3n) is 5.31. The maximum Gasteiger partial charge on any atom is 0.191 e. The Kier molecular flexibility index (Phi) is 9.25. The van der Waals surface area contributed by atoms with Crippen LogP contribution in [0.4, 0.5) is 0 Å². The smallest absolute Gasteiger partial charge is 0.191 e. The Balaban J connectivity index is 0.00000280. The van der Waals surface area contributed by atoms with Gasteiger partial charge in [-0.25, -0.2) is 4.99 Å². The Labute approximate surface area is 186 Å². The van der Waals surface area contributed by atoms with E-state index in [-0.39, 0.29) is 29.4 Å². The van der Waals surface area contributed by atoms with Crippen LogP contribution < -0.4 is 10.6 Å². The summed E-state index contributed by atoms with van der Waals surface area (Å²) in [7, 11) is 0. The van der Waals surface area contributed by atoms with E-state index in [0.29, 0.717) is 6.54 Å². The van der Waals surface area contributed by atoms with E-state index >= 15 is 0 Å². The van der Waals surface area contributed by atoms with Crippen LogP contribution in [0.5, 0.6) is 0 Å². The van der Waals surface area contributed by atoms with Gasteiger partial charge in [0.2, 0.25) is 0 Å². The average Bonchev–Trinajstić information content (AvgIpc) is 2.72. The van der Waals surface area contributed by atoms with Crippen LogP contribution in [0.2, 0.25) is 0 Å². The van der Waals surface area contributed by atoms with Gasteiger partial charge in [0.05, 0.1) is 6.54 Å². The third kappa shape index (κ3) is 6.21. The Morgan fingerprint density at radius 2 is 1.68 bits per heavy atom. The zero-order valence-corrected chi connectivity index (χ0v) is 19.2. The first-order valence-electron chi connectivity index (χ1n) is 9.93. The van der Waals surface area contributed by atoms with E-state index < -0.39 is 0 Å². The van der Waals surface area contributed by atoms with E-state index in [1.165, 1.54) is 16.7 Å². The van der Waals surface area contributed by atoms with E-state index in [2.05, 4.69) is 79.1 Å². The molecule has 0 atom stereocenters. The first-order chi connectivity index (χ1) is 13.2. The summed E-state index contributed by atoms with van der Waals surface area (Å²) in [5, 5.41) is 6.97. The molecular weight excluding hydrogens is 461 g/mol. The molecule has 2 aromatic carbocycles. The van der Waals surface area contributed by atoms with Gasteiger partial charge in [0, 0.05) is 31.7 Å². The standard InChI is InChI=1S/C23H31N3O.HI/c1-3-24-22(25-17-20-11-9-19(2)10-12-20)26-18-23(13-15-27-16-14-23)21-7-5-4-6-8-21;/h4-12H,3,13-18H2,1-2H3,(H2,24,25,26);1H. The van der Waals surface area contributed by atoms with Crippen molar-refractivity contribution in [1.82, 2.24) is 10.6 Å². The van der Waals surface area contributed by atoms with Gasteiger partial charge in [0.1, 0.15) is 0 Å². The molecule has 0 aromatic heterocycles. The predicted molar refractivity (Wildman–Crippen MR) is 128 cm³/mol. The van der Waals surface area contributed by atoms with Gasteiger partial charge in [0.25, 0.3) is 0 Å². The van der Waals surface area contributed by atoms with Crippen LogP contribution >= 0.6 is 24.0 Å². The van der Waals surface area contributed by atoms with Crippen molar-refractivity contribution in [2.24, 2.45) is 4.99 Å². The first kappa shape index (κ1) is 22.7. The third-order valence-corrected chi connectivity index (χ3v) is 5.31. The molecule has 1 aliphatic rings. The number of aryl methyl sites for hydroxylation is 1. The summed E-state index contributed by atoms with van der Waals surface area (Å²) < 4.78 is 5.64. The lowest BCUT2D eigenvalue weighted by molar-refractivity contribution is 0.0514. The summed E-state index contributed by atoms with van der Waals surface area (Å²) in [6, 6.07) is 19.4. The molecule has 4 nitrogen and oxygen atoms in total. The van der Waals surface area contributed by atoms with Crippen molar-refractivity contribution in [3.63, 3.8) is 0 Å². The molecule has 2 aromatic rings. The topological polar surface area (TPSA) is 45.7 Å². The molecule has 0 aliphatic carbocycles. The fourth-order valence-electron chi connectivity index (χ4n) is 3.58. The van der Waals surface area contributed by atoms with Gasteiger partial charge in [-0.05, 0) is 37.8 Å². The summed E-state index contributed by atoms with van der Waals surface area (Å²) in [6.07, 6.45) is 2.06. The lowest BCUT2D eigenvalue weighted by Gasteiger charge is -2.38. The molecule has 0 amide bonds. The van der Waals surface area contributed by atoms with Crippen molar-refractivity contribution in [2.75, 3.05) is 26.3 Å². The van der Waals surface area contributed by atoms with Crippen molar-refractivity contribution in [3.05, 3.63) is 71.3 Å². The fourth-order valence-corrected chi connectivity index (χ4v) is 3.58. The minimum absolute atomic E-state index is 0. The molecule has 0 unspecified atom stereocenters. The van der Waals surface area contributed by atoms with Crippen molar-refractivity contribution >= 4 is 29.9 Å². The number of halogens is 1. The molecule has 152 valence electrons. The van der Waals surface area contributed by atoms with Crippen LogP contribution in [-0.2, 0) is 16.7 Å². The monoisotopic (exact) mass is 493 g/mol. The molecule has 1 heterocycles. The quantitative estimate of drug-likeness (QED) is 0.356. The first-order valence-corrected chi connectivity index (χ1v) is 9.93. The minimum Gasteiger partial charge on any atom is -0.381 e. The van der Waals surface area contributed by atoms with Crippen LogP contribution in [0, 0.1) is 6.92 Å². The number of benzene rings is 2. The van der Waals surface area contributed by atoms with Crippen LogP contribution in [0.3, 0.4) is 0 Å².